The van der Waals surface area contributed by atoms with Gasteiger partial charge in [0.25, 0.3) is 0 Å². The number of benzene rings is 1. The summed E-state index contributed by atoms with van der Waals surface area (Å²) in [7, 11) is 0. The summed E-state index contributed by atoms with van der Waals surface area (Å²) in [6.07, 6.45) is 2.33. The second kappa shape index (κ2) is 4.94. The second-order valence-corrected chi connectivity index (χ2v) is 8.67. The normalized spacial score (nSPS) is 25.1. The van der Waals surface area contributed by atoms with Crippen molar-refractivity contribution in [3.8, 4) is 0 Å². The van der Waals surface area contributed by atoms with Gasteiger partial charge in [-0.3, -0.25) is 4.79 Å². The van der Waals surface area contributed by atoms with Gasteiger partial charge in [0, 0.05) is 5.02 Å². The van der Waals surface area contributed by atoms with E-state index in [9.17, 15) is 4.79 Å². The highest BCUT2D eigenvalue weighted by atomic mass is 79.9. The summed E-state index contributed by atoms with van der Waals surface area (Å²) >= 11 is 12.7. The van der Waals surface area contributed by atoms with E-state index in [0.717, 1.165) is 12.0 Å². The van der Waals surface area contributed by atoms with Crippen LogP contribution in [-0.2, 0) is 4.79 Å². The summed E-state index contributed by atoms with van der Waals surface area (Å²) < 4.78 is -0.299. The fourth-order valence-corrected chi connectivity index (χ4v) is 3.09. The first-order valence-corrected chi connectivity index (χ1v) is 7.28. The highest BCUT2D eigenvalue weighted by Gasteiger charge is 2.66. The molecule has 1 amide bonds. The predicted octanol–water partition coefficient (Wildman–Crippen LogP) is 3.69. The molecule has 2 rings (SSSR count). The Morgan fingerprint density at radius 2 is 2.00 bits per heavy atom. The van der Waals surface area contributed by atoms with Crippen LogP contribution in [0.1, 0.15) is 18.9 Å². The molecular formula is C12H11Br2ClN2O. The van der Waals surface area contributed by atoms with Crippen LogP contribution in [0.25, 0.3) is 0 Å². The first-order valence-electron chi connectivity index (χ1n) is 5.32. The SMILES string of the molecule is CC1(C(=O)NN=Cc2ccc(Cl)cc2)CC1(Br)Br. The Labute approximate surface area is 127 Å². The van der Waals surface area contributed by atoms with Crippen LogP contribution in [0.2, 0.25) is 5.02 Å². The lowest BCUT2D eigenvalue weighted by atomic mass is 10.1. The predicted molar refractivity (Wildman–Crippen MR) is 80.5 cm³/mol. The first kappa shape index (κ1) is 14.0. The van der Waals surface area contributed by atoms with Gasteiger partial charge < -0.3 is 0 Å². The van der Waals surface area contributed by atoms with E-state index in [1.165, 1.54) is 0 Å². The maximum Gasteiger partial charge on any atom is 0.248 e. The molecule has 18 heavy (non-hydrogen) atoms. The number of hydrogen-bond acceptors (Lipinski definition) is 2. The molecule has 1 aliphatic rings. The van der Waals surface area contributed by atoms with E-state index in [1.807, 2.05) is 19.1 Å². The summed E-state index contributed by atoms with van der Waals surface area (Å²) in [6, 6.07) is 7.20. The first-order chi connectivity index (χ1) is 8.35. The van der Waals surface area contributed by atoms with Crippen LogP contribution < -0.4 is 5.43 Å². The van der Waals surface area contributed by atoms with Crippen LogP contribution >= 0.6 is 43.5 Å². The zero-order chi connectivity index (χ0) is 13.4. The standard InChI is InChI=1S/C12H11Br2ClN2O/c1-11(7-12(11,13)14)10(18)17-16-6-8-2-4-9(15)5-3-8/h2-6H,7H2,1H3,(H,17,18). The van der Waals surface area contributed by atoms with Crippen molar-refractivity contribution < 1.29 is 4.79 Å². The number of amides is 1. The van der Waals surface area contributed by atoms with E-state index in [0.29, 0.717) is 5.02 Å². The van der Waals surface area contributed by atoms with Crippen LogP contribution in [0.3, 0.4) is 0 Å². The van der Waals surface area contributed by atoms with Crippen molar-refractivity contribution in [1.29, 1.82) is 0 Å². The average molecular weight is 394 g/mol. The summed E-state index contributed by atoms with van der Waals surface area (Å²) in [5.41, 5.74) is 2.97. The van der Waals surface area contributed by atoms with E-state index < -0.39 is 5.41 Å². The van der Waals surface area contributed by atoms with E-state index in [2.05, 4.69) is 42.4 Å². The van der Waals surface area contributed by atoms with Gasteiger partial charge in [-0.2, -0.15) is 5.10 Å². The Morgan fingerprint density at radius 1 is 1.44 bits per heavy atom. The van der Waals surface area contributed by atoms with E-state index in [-0.39, 0.29) is 9.14 Å². The molecule has 1 aromatic carbocycles. The Balaban J connectivity index is 1.93. The molecule has 0 radical (unpaired) electrons. The lowest BCUT2D eigenvalue weighted by Gasteiger charge is -2.09. The van der Waals surface area contributed by atoms with Gasteiger partial charge >= 0.3 is 0 Å². The van der Waals surface area contributed by atoms with Crippen molar-refractivity contribution in [3.63, 3.8) is 0 Å². The fourth-order valence-electron chi connectivity index (χ4n) is 1.48. The van der Waals surface area contributed by atoms with E-state index >= 15 is 0 Å². The number of nitrogens with one attached hydrogen (secondary N) is 1. The van der Waals surface area contributed by atoms with Crippen LogP contribution in [0, 0.1) is 5.41 Å². The van der Waals surface area contributed by atoms with Gasteiger partial charge in [-0.05, 0) is 31.0 Å². The third kappa shape index (κ3) is 2.78. The minimum absolute atomic E-state index is 0.110. The van der Waals surface area contributed by atoms with Gasteiger partial charge in [0.05, 0.1) is 14.9 Å². The number of hydrogen-bond donors (Lipinski definition) is 1. The van der Waals surface area contributed by atoms with E-state index in [4.69, 9.17) is 11.6 Å². The maximum absolute atomic E-state index is 11.9. The molecule has 1 fully saturated rings. The Bertz CT molecular complexity index is 501. The lowest BCUT2D eigenvalue weighted by molar-refractivity contribution is -0.125. The second-order valence-electron chi connectivity index (χ2n) is 4.46. The number of carbonyl (C=O) groups is 1. The fraction of sp³-hybridized carbons (Fsp3) is 0.333. The van der Waals surface area contributed by atoms with Crippen LogP contribution in [-0.4, -0.2) is 15.4 Å². The molecule has 1 saturated carbocycles. The van der Waals surface area contributed by atoms with E-state index in [1.54, 1.807) is 18.3 Å². The van der Waals surface area contributed by atoms with Gasteiger partial charge in [0.1, 0.15) is 0 Å². The van der Waals surface area contributed by atoms with Crippen LogP contribution in [0.5, 0.6) is 0 Å². The minimum Gasteiger partial charge on any atom is -0.272 e. The molecule has 0 saturated heterocycles. The van der Waals surface area contributed by atoms with Gasteiger partial charge in [-0.15, -0.1) is 0 Å². The summed E-state index contributed by atoms with van der Waals surface area (Å²) in [5, 5.41) is 4.61. The van der Waals surface area contributed by atoms with Crippen molar-refractivity contribution in [2.45, 2.75) is 16.6 Å². The third-order valence-corrected chi connectivity index (χ3v) is 5.57. The van der Waals surface area contributed by atoms with Crippen molar-refractivity contribution in [1.82, 2.24) is 5.43 Å². The molecule has 1 unspecified atom stereocenters. The van der Waals surface area contributed by atoms with Crippen molar-refractivity contribution in [2.75, 3.05) is 0 Å². The third-order valence-electron chi connectivity index (χ3n) is 3.01. The molecule has 1 N–H and O–H groups in total. The number of nitrogens with zero attached hydrogens (tertiary/aromatic N) is 1. The smallest absolute Gasteiger partial charge is 0.248 e. The van der Waals surface area contributed by atoms with Crippen LogP contribution in [0.15, 0.2) is 29.4 Å². The Hall–Kier alpha value is -0.390. The molecule has 0 spiro atoms. The maximum atomic E-state index is 11.9. The zero-order valence-corrected chi connectivity index (χ0v) is 13.5. The molecule has 6 heteroatoms. The van der Waals surface area contributed by atoms with Crippen molar-refractivity contribution in [2.24, 2.45) is 10.5 Å². The van der Waals surface area contributed by atoms with Gasteiger partial charge in [-0.25, -0.2) is 5.43 Å². The number of alkyl halides is 2. The highest BCUT2D eigenvalue weighted by molar-refractivity contribution is 9.25. The summed E-state index contributed by atoms with van der Waals surface area (Å²) in [6.45, 7) is 1.88. The molecular weight excluding hydrogens is 383 g/mol. The Kier molecular flexibility index (Phi) is 3.85. The number of rotatable bonds is 3. The van der Waals surface area contributed by atoms with Crippen LogP contribution in [0.4, 0.5) is 0 Å². The molecule has 0 heterocycles. The minimum atomic E-state index is -0.454. The molecule has 0 aliphatic heterocycles. The molecule has 1 aliphatic carbocycles. The zero-order valence-electron chi connectivity index (χ0n) is 9.58. The topological polar surface area (TPSA) is 41.5 Å². The van der Waals surface area contributed by atoms with Gasteiger partial charge in [-0.1, -0.05) is 55.6 Å². The highest BCUT2D eigenvalue weighted by Crippen LogP contribution is 2.66. The molecule has 96 valence electrons. The monoisotopic (exact) mass is 392 g/mol. The van der Waals surface area contributed by atoms with Crippen molar-refractivity contribution >= 4 is 55.6 Å². The lowest BCUT2D eigenvalue weighted by Crippen LogP contribution is -2.29. The number of carbonyl (C=O) groups excluding carboxylic acids is 1. The van der Waals surface area contributed by atoms with Gasteiger partial charge in [0.2, 0.25) is 5.91 Å². The summed E-state index contributed by atoms with van der Waals surface area (Å²) in [5.74, 6) is -0.110. The average Bonchev–Trinajstić information content (AvgIpc) is 2.82. The quantitative estimate of drug-likeness (QED) is 0.474. The van der Waals surface area contributed by atoms with Gasteiger partial charge in [0.15, 0.2) is 0 Å². The molecule has 3 nitrogen and oxygen atoms in total. The molecule has 0 aromatic heterocycles. The Morgan fingerprint density at radius 3 is 2.50 bits per heavy atom. The number of hydrazone groups is 1. The molecule has 0 bridgehead atoms. The number of halogens is 3. The largest absolute Gasteiger partial charge is 0.272 e. The summed E-state index contributed by atoms with van der Waals surface area (Å²) in [4.78, 5) is 11.9. The molecule has 1 aromatic rings. The van der Waals surface area contributed by atoms with Crippen molar-refractivity contribution in [3.05, 3.63) is 34.9 Å². The molecule has 1 atom stereocenters.